The molecular weight excluding hydrogens is 452 g/mol. The van der Waals surface area contributed by atoms with Crippen LogP contribution in [0.15, 0.2) is 54.6 Å². The summed E-state index contributed by atoms with van der Waals surface area (Å²) in [4.78, 5) is 20.2. The number of nitrogens with one attached hydrogen (secondary N) is 2. The predicted octanol–water partition coefficient (Wildman–Crippen LogP) is 5.97. The van der Waals surface area contributed by atoms with Crippen molar-refractivity contribution in [3.63, 3.8) is 0 Å². The fourth-order valence-electron chi connectivity index (χ4n) is 3.76. The summed E-state index contributed by atoms with van der Waals surface area (Å²) >= 11 is 0. The number of fused-ring (bicyclic) bond motifs is 1. The van der Waals surface area contributed by atoms with E-state index in [1.807, 2.05) is 70.2 Å². The molecule has 4 rings (SSSR count). The molecule has 4 aromatic rings. The second-order valence-corrected chi connectivity index (χ2v) is 8.50. The van der Waals surface area contributed by atoms with Crippen LogP contribution in [0.3, 0.4) is 0 Å². The molecule has 0 unspecified atom stereocenters. The topological polar surface area (TPSA) is 100 Å². The van der Waals surface area contributed by atoms with E-state index in [0.29, 0.717) is 29.5 Å². The molecule has 0 saturated heterocycles. The largest absolute Gasteiger partial charge is 0.490 e. The minimum atomic E-state index is -0.266. The van der Waals surface area contributed by atoms with E-state index in [-0.39, 0.29) is 12.5 Å². The second kappa shape index (κ2) is 10.8. The lowest BCUT2D eigenvalue weighted by Gasteiger charge is -2.13. The van der Waals surface area contributed by atoms with E-state index in [2.05, 4.69) is 21.4 Å². The highest BCUT2D eigenvalue weighted by Crippen LogP contribution is 2.30. The van der Waals surface area contributed by atoms with Crippen LogP contribution in [0.4, 0.5) is 5.69 Å². The number of benzene rings is 3. The Morgan fingerprint density at radius 2 is 1.81 bits per heavy atom. The summed E-state index contributed by atoms with van der Waals surface area (Å²) in [6, 6.07) is 19.2. The molecule has 0 saturated carbocycles. The third-order valence-electron chi connectivity index (χ3n) is 5.83. The lowest BCUT2D eigenvalue weighted by molar-refractivity contribution is -0.118. The Morgan fingerprint density at radius 1 is 1.03 bits per heavy atom. The third-order valence-corrected chi connectivity index (χ3v) is 5.83. The van der Waals surface area contributed by atoms with Crippen molar-refractivity contribution in [3.8, 4) is 17.6 Å². The van der Waals surface area contributed by atoms with E-state index < -0.39 is 0 Å². The first-order valence-electron chi connectivity index (χ1n) is 11.7. The molecule has 0 atom stereocenters. The van der Waals surface area contributed by atoms with Gasteiger partial charge in [-0.05, 0) is 86.4 Å². The number of allylic oxidation sites excluding steroid dienone is 1. The SMILES string of the molecule is CCOc1cc(/C=C(/C#N)c2nc3cc(C)c(C)cc3[nH]2)ccc1OCC(=O)Nc1ccccc1C. The Balaban J connectivity index is 1.54. The number of ether oxygens (including phenoxy) is 2. The van der Waals surface area contributed by atoms with Crippen LogP contribution in [0.1, 0.15) is 35.0 Å². The zero-order valence-electron chi connectivity index (χ0n) is 20.8. The molecule has 7 nitrogen and oxygen atoms in total. The molecule has 1 amide bonds. The standard InChI is InChI=1S/C29H28N4O3/c1-5-35-27-15-21(10-11-26(27)36-17-28(34)31-23-9-7-6-8-18(23)2)14-22(16-30)29-32-24-12-19(3)20(4)13-25(24)33-29/h6-15H,5,17H2,1-4H3,(H,31,34)(H,32,33)/b22-14-. The number of carbonyl (C=O) groups excluding carboxylic acids is 1. The van der Waals surface area contributed by atoms with Gasteiger partial charge in [-0.3, -0.25) is 4.79 Å². The second-order valence-electron chi connectivity index (χ2n) is 8.50. The molecule has 0 bridgehead atoms. The number of para-hydroxylation sites is 1. The summed E-state index contributed by atoms with van der Waals surface area (Å²) in [6.07, 6.45) is 1.74. The van der Waals surface area contributed by atoms with Gasteiger partial charge in [0.05, 0.1) is 23.2 Å². The highest BCUT2D eigenvalue weighted by molar-refractivity contribution is 5.93. The maximum absolute atomic E-state index is 12.4. The van der Waals surface area contributed by atoms with E-state index in [4.69, 9.17) is 9.47 Å². The minimum absolute atomic E-state index is 0.162. The fourth-order valence-corrected chi connectivity index (χ4v) is 3.76. The quantitative estimate of drug-likeness (QED) is 0.303. The average Bonchev–Trinajstić information content (AvgIpc) is 3.26. The van der Waals surface area contributed by atoms with Gasteiger partial charge in [-0.15, -0.1) is 0 Å². The number of hydrogen-bond donors (Lipinski definition) is 2. The number of imidazole rings is 1. The fraction of sp³-hybridized carbons (Fsp3) is 0.207. The van der Waals surface area contributed by atoms with E-state index in [1.165, 1.54) is 0 Å². The molecule has 1 heterocycles. The summed E-state index contributed by atoms with van der Waals surface area (Å²) in [5.74, 6) is 1.17. The Labute approximate surface area is 210 Å². The molecule has 0 spiro atoms. The van der Waals surface area contributed by atoms with Crippen molar-refractivity contribution in [3.05, 3.63) is 82.7 Å². The Bertz CT molecular complexity index is 1460. The van der Waals surface area contributed by atoms with Crippen molar-refractivity contribution in [2.75, 3.05) is 18.5 Å². The van der Waals surface area contributed by atoms with E-state index in [9.17, 15) is 10.1 Å². The lowest BCUT2D eigenvalue weighted by atomic mass is 10.1. The number of aromatic amines is 1. The molecule has 0 radical (unpaired) electrons. The summed E-state index contributed by atoms with van der Waals surface area (Å²) in [6.45, 7) is 8.14. The smallest absolute Gasteiger partial charge is 0.262 e. The third kappa shape index (κ3) is 5.56. The van der Waals surface area contributed by atoms with Gasteiger partial charge in [-0.2, -0.15) is 5.26 Å². The molecule has 0 fully saturated rings. The van der Waals surface area contributed by atoms with Gasteiger partial charge in [-0.1, -0.05) is 24.3 Å². The number of rotatable bonds is 8. The number of anilines is 1. The van der Waals surface area contributed by atoms with Crippen LogP contribution in [0.5, 0.6) is 11.5 Å². The normalized spacial score (nSPS) is 11.2. The molecule has 1 aromatic heterocycles. The highest BCUT2D eigenvalue weighted by Gasteiger charge is 2.13. The van der Waals surface area contributed by atoms with Crippen molar-refractivity contribution in [2.24, 2.45) is 0 Å². The molecular formula is C29H28N4O3. The van der Waals surface area contributed by atoms with Gasteiger partial charge in [0.2, 0.25) is 0 Å². The summed E-state index contributed by atoms with van der Waals surface area (Å²) in [5.41, 5.74) is 6.87. The number of aryl methyl sites for hydroxylation is 3. The van der Waals surface area contributed by atoms with Gasteiger partial charge < -0.3 is 19.8 Å². The van der Waals surface area contributed by atoms with Crippen molar-refractivity contribution in [1.82, 2.24) is 9.97 Å². The number of carbonyl (C=O) groups is 1. The summed E-state index contributed by atoms with van der Waals surface area (Å²) in [7, 11) is 0. The molecule has 0 aliphatic heterocycles. The zero-order valence-corrected chi connectivity index (χ0v) is 20.8. The lowest BCUT2D eigenvalue weighted by Crippen LogP contribution is -2.20. The van der Waals surface area contributed by atoms with Gasteiger partial charge >= 0.3 is 0 Å². The number of hydrogen-bond acceptors (Lipinski definition) is 5. The Kier molecular flexibility index (Phi) is 7.36. The maximum Gasteiger partial charge on any atom is 0.262 e. The number of H-pyrrole nitrogens is 1. The summed E-state index contributed by atoms with van der Waals surface area (Å²) < 4.78 is 11.5. The van der Waals surface area contributed by atoms with Crippen molar-refractivity contribution < 1.29 is 14.3 Å². The first-order valence-corrected chi connectivity index (χ1v) is 11.7. The maximum atomic E-state index is 12.4. The molecule has 3 aromatic carbocycles. The molecule has 36 heavy (non-hydrogen) atoms. The number of amides is 1. The van der Waals surface area contributed by atoms with Crippen LogP contribution in [0, 0.1) is 32.1 Å². The highest BCUT2D eigenvalue weighted by atomic mass is 16.5. The van der Waals surface area contributed by atoms with E-state index in [0.717, 1.165) is 39.0 Å². The minimum Gasteiger partial charge on any atom is -0.490 e. The Morgan fingerprint density at radius 3 is 2.56 bits per heavy atom. The van der Waals surface area contributed by atoms with Crippen LogP contribution in [0.2, 0.25) is 0 Å². The van der Waals surface area contributed by atoms with E-state index in [1.54, 1.807) is 18.2 Å². The van der Waals surface area contributed by atoms with Gasteiger partial charge in [0.25, 0.3) is 5.91 Å². The molecule has 0 aliphatic rings. The number of aromatic nitrogens is 2. The van der Waals surface area contributed by atoms with Gasteiger partial charge in [-0.25, -0.2) is 4.98 Å². The van der Waals surface area contributed by atoms with Crippen LogP contribution in [-0.2, 0) is 4.79 Å². The predicted molar refractivity (Wildman–Crippen MR) is 142 cm³/mol. The number of nitrogens with zero attached hydrogens (tertiary/aromatic N) is 2. The summed E-state index contributed by atoms with van der Waals surface area (Å²) in [5, 5.41) is 12.7. The monoisotopic (exact) mass is 480 g/mol. The average molecular weight is 481 g/mol. The molecule has 2 N–H and O–H groups in total. The van der Waals surface area contributed by atoms with E-state index >= 15 is 0 Å². The van der Waals surface area contributed by atoms with Crippen LogP contribution < -0.4 is 14.8 Å². The van der Waals surface area contributed by atoms with Crippen LogP contribution in [-0.4, -0.2) is 29.1 Å². The van der Waals surface area contributed by atoms with Gasteiger partial charge in [0, 0.05) is 5.69 Å². The molecule has 7 heteroatoms. The first-order chi connectivity index (χ1) is 17.4. The van der Waals surface area contributed by atoms with Crippen molar-refractivity contribution in [1.29, 1.82) is 5.26 Å². The van der Waals surface area contributed by atoms with Gasteiger partial charge in [0.15, 0.2) is 18.1 Å². The van der Waals surface area contributed by atoms with Crippen molar-refractivity contribution in [2.45, 2.75) is 27.7 Å². The first kappa shape index (κ1) is 24.6. The van der Waals surface area contributed by atoms with Crippen LogP contribution >= 0.6 is 0 Å². The van der Waals surface area contributed by atoms with Gasteiger partial charge in [0.1, 0.15) is 11.9 Å². The number of nitriles is 1. The Hall–Kier alpha value is -4.57. The van der Waals surface area contributed by atoms with Crippen molar-refractivity contribution >= 4 is 34.3 Å². The molecule has 0 aliphatic carbocycles. The zero-order chi connectivity index (χ0) is 25.7. The molecule has 182 valence electrons. The van der Waals surface area contributed by atoms with Crippen LogP contribution in [0.25, 0.3) is 22.7 Å².